The maximum atomic E-state index is 6.27. The van der Waals surface area contributed by atoms with Crippen molar-refractivity contribution in [2.45, 2.75) is 6.04 Å². The number of hydrogen-bond acceptors (Lipinski definition) is 4. The average Bonchev–Trinajstić information content (AvgIpc) is 2.94. The minimum atomic E-state index is -0.183. The fourth-order valence-electron chi connectivity index (χ4n) is 1.77. The minimum Gasteiger partial charge on any atom is -0.320 e. The molecule has 2 N–H and O–H groups in total. The first-order valence-corrected chi connectivity index (χ1v) is 6.75. The van der Waals surface area contributed by atoms with Gasteiger partial charge in [0.25, 0.3) is 0 Å². The first kappa shape index (κ1) is 10.9. The van der Waals surface area contributed by atoms with E-state index in [9.17, 15) is 0 Å². The van der Waals surface area contributed by atoms with Gasteiger partial charge in [-0.15, -0.1) is 0 Å². The molecule has 0 aliphatic carbocycles. The quantitative estimate of drug-likeness (QED) is 0.791. The Hall–Kier alpha value is -1.24. The highest BCUT2D eigenvalue weighted by Crippen LogP contribution is 2.31. The van der Waals surface area contributed by atoms with Gasteiger partial charge in [-0.2, -0.15) is 16.4 Å². The molecular formula is C11H9BrN4S. The highest BCUT2D eigenvalue weighted by atomic mass is 79.9. The Labute approximate surface area is 110 Å². The van der Waals surface area contributed by atoms with Gasteiger partial charge in [-0.05, 0) is 26.9 Å². The summed E-state index contributed by atoms with van der Waals surface area (Å²) in [6.07, 6.45) is 7.10. The van der Waals surface area contributed by atoms with E-state index < -0.39 is 0 Å². The molecule has 1 atom stereocenters. The number of rotatable bonds is 2. The molecule has 17 heavy (non-hydrogen) atoms. The van der Waals surface area contributed by atoms with Crippen molar-refractivity contribution in [2.75, 3.05) is 0 Å². The average molecular weight is 309 g/mol. The second-order valence-electron chi connectivity index (χ2n) is 3.66. The first-order chi connectivity index (χ1) is 8.27. The van der Waals surface area contributed by atoms with Gasteiger partial charge in [-0.25, -0.2) is 4.52 Å². The summed E-state index contributed by atoms with van der Waals surface area (Å²) in [6.45, 7) is 0. The molecule has 0 amide bonds. The Morgan fingerprint density at radius 3 is 2.94 bits per heavy atom. The van der Waals surface area contributed by atoms with Crippen LogP contribution >= 0.6 is 27.3 Å². The van der Waals surface area contributed by atoms with Gasteiger partial charge in [0.05, 0.1) is 24.0 Å². The number of hydrogen-bond donors (Lipinski definition) is 1. The summed E-state index contributed by atoms with van der Waals surface area (Å²) in [6, 6.07) is -0.183. The topological polar surface area (TPSA) is 56.2 Å². The Kier molecular flexibility index (Phi) is 2.70. The van der Waals surface area contributed by atoms with Crippen molar-refractivity contribution in [3.63, 3.8) is 0 Å². The molecule has 0 radical (unpaired) electrons. The molecule has 3 rings (SSSR count). The Balaban J connectivity index is 2.13. The minimum absolute atomic E-state index is 0.183. The van der Waals surface area contributed by atoms with Crippen LogP contribution in [-0.2, 0) is 0 Å². The zero-order valence-electron chi connectivity index (χ0n) is 8.75. The number of fused-ring (bicyclic) bond motifs is 1. The van der Waals surface area contributed by atoms with Crippen molar-refractivity contribution < 1.29 is 0 Å². The fraction of sp³-hybridized carbons (Fsp3) is 0.0909. The summed E-state index contributed by atoms with van der Waals surface area (Å²) in [7, 11) is 0. The van der Waals surface area contributed by atoms with Gasteiger partial charge in [-0.1, -0.05) is 0 Å². The molecule has 0 saturated heterocycles. The van der Waals surface area contributed by atoms with Crippen LogP contribution in [0.2, 0.25) is 0 Å². The van der Waals surface area contributed by atoms with Crippen LogP contribution in [0, 0.1) is 0 Å². The summed E-state index contributed by atoms with van der Waals surface area (Å²) < 4.78 is 2.82. The van der Waals surface area contributed by atoms with E-state index in [1.165, 1.54) is 0 Å². The summed E-state index contributed by atoms with van der Waals surface area (Å²) >= 11 is 5.13. The second kappa shape index (κ2) is 4.21. The molecule has 6 heteroatoms. The van der Waals surface area contributed by atoms with E-state index in [1.54, 1.807) is 34.4 Å². The smallest absolute Gasteiger partial charge is 0.0896 e. The molecule has 4 nitrogen and oxygen atoms in total. The molecule has 0 bridgehead atoms. The van der Waals surface area contributed by atoms with Crippen LogP contribution in [0.25, 0.3) is 5.52 Å². The highest BCUT2D eigenvalue weighted by Gasteiger charge is 2.17. The fourth-order valence-corrected chi connectivity index (χ4v) is 3.35. The van der Waals surface area contributed by atoms with Gasteiger partial charge < -0.3 is 5.73 Å². The van der Waals surface area contributed by atoms with Crippen LogP contribution in [0.5, 0.6) is 0 Å². The molecule has 0 aliphatic rings. The number of nitrogens with two attached hydrogens (primary N) is 1. The maximum absolute atomic E-state index is 6.27. The number of halogens is 1. The third-order valence-corrected chi connectivity index (χ3v) is 4.42. The predicted octanol–water partition coefficient (Wildman–Crippen LogP) is 2.60. The molecule has 0 aliphatic heterocycles. The van der Waals surface area contributed by atoms with Crippen molar-refractivity contribution in [1.82, 2.24) is 14.6 Å². The van der Waals surface area contributed by atoms with Crippen molar-refractivity contribution in [2.24, 2.45) is 5.73 Å². The van der Waals surface area contributed by atoms with Crippen LogP contribution in [0.3, 0.4) is 0 Å². The van der Waals surface area contributed by atoms with Crippen LogP contribution in [0.1, 0.15) is 17.2 Å². The van der Waals surface area contributed by atoms with Gasteiger partial charge in [0.2, 0.25) is 0 Å². The molecule has 0 fully saturated rings. The SMILES string of the molecule is NC(c1cscc1Br)c1cnn2ccncc12. The monoisotopic (exact) mass is 308 g/mol. The first-order valence-electron chi connectivity index (χ1n) is 5.02. The molecule has 3 aromatic heterocycles. The Morgan fingerprint density at radius 2 is 2.18 bits per heavy atom. The summed E-state index contributed by atoms with van der Waals surface area (Å²) in [5, 5.41) is 8.34. The highest BCUT2D eigenvalue weighted by molar-refractivity contribution is 9.10. The van der Waals surface area contributed by atoms with E-state index in [-0.39, 0.29) is 6.04 Å². The number of thiophene rings is 1. The van der Waals surface area contributed by atoms with E-state index in [0.717, 1.165) is 21.1 Å². The lowest BCUT2D eigenvalue weighted by molar-refractivity contribution is 0.880. The van der Waals surface area contributed by atoms with Gasteiger partial charge in [0.1, 0.15) is 0 Å². The van der Waals surface area contributed by atoms with Gasteiger partial charge in [0, 0.05) is 27.8 Å². The third-order valence-electron chi connectivity index (χ3n) is 2.67. The summed E-state index contributed by atoms with van der Waals surface area (Å²) in [5.41, 5.74) is 9.27. The molecule has 0 saturated carbocycles. The van der Waals surface area contributed by atoms with Crippen molar-refractivity contribution in [3.05, 3.63) is 51.1 Å². The lowest BCUT2D eigenvalue weighted by Crippen LogP contribution is -2.11. The van der Waals surface area contributed by atoms with Crippen LogP contribution < -0.4 is 5.73 Å². The molecule has 3 aromatic rings. The lowest BCUT2D eigenvalue weighted by Gasteiger charge is -2.09. The van der Waals surface area contributed by atoms with E-state index in [2.05, 4.69) is 31.4 Å². The van der Waals surface area contributed by atoms with Crippen molar-refractivity contribution in [1.29, 1.82) is 0 Å². The number of aromatic nitrogens is 3. The Morgan fingerprint density at radius 1 is 1.29 bits per heavy atom. The van der Waals surface area contributed by atoms with E-state index >= 15 is 0 Å². The standard InChI is InChI=1S/C11H9BrN4S/c12-9-6-17-5-8(9)11(13)7-3-15-16-2-1-14-4-10(7)16/h1-6,11H,13H2. The second-order valence-corrected chi connectivity index (χ2v) is 5.26. The molecule has 0 spiro atoms. The van der Waals surface area contributed by atoms with E-state index in [1.807, 2.05) is 11.6 Å². The van der Waals surface area contributed by atoms with Gasteiger partial charge >= 0.3 is 0 Å². The zero-order valence-corrected chi connectivity index (χ0v) is 11.1. The molecule has 86 valence electrons. The van der Waals surface area contributed by atoms with Crippen molar-refractivity contribution in [3.8, 4) is 0 Å². The van der Waals surface area contributed by atoms with E-state index in [4.69, 9.17) is 5.73 Å². The predicted molar refractivity (Wildman–Crippen MR) is 71.0 cm³/mol. The third kappa shape index (κ3) is 1.78. The normalized spacial score (nSPS) is 13.1. The van der Waals surface area contributed by atoms with Gasteiger partial charge in [0.15, 0.2) is 0 Å². The molecular weight excluding hydrogens is 300 g/mol. The lowest BCUT2D eigenvalue weighted by atomic mass is 10.0. The van der Waals surface area contributed by atoms with Crippen LogP contribution in [0.15, 0.2) is 40.0 Å². The van der Waals surface area contributed by atoms with Crippen molar-refractivity contribution >= 4 is 32.8 Å². The molecule has 3 heterocycles. The summed E-state index contributed by atoms with van der Waals surface area (Å²) in [5.74, 6) is 0. The zero-order chi connectivity index (χ0) is 11.8. The largest absolute Gasteiger partial charge is 0.320 e. The molecule has 0 aromatic carbocycles. The number of nitrogens with zero attached hydrogens (tertiary/aromatic N) is 3. The van der Waals surface area contributed by atoms with Gasteiger partial charge in [-0.3, -0.25) is 4.98 Å². The van der Waals surface area contributed by atoms with Crippen LogP contribution in [0.4, 0.5) is 0 Å². The van der Waals surface area contributed by atoms with E-state index in [0.29, 0.717) is 0 Å². The van der Waals surface area contributed by atoms with Crippen LogP contribution in [-0.4, -0.2) is 14.6 Å². The maximum Gasteiger partial charge on any atom is 0.0896 e. The summed E-state index contributed by atoms with van der Waals surface area (Å²) in [4.78, 5) is 4.11. The molecule has 1 unspecified atom stereocenters. The Bertz CT molecular complexity index is 660.